The van der Waals surface area contributed by atoms with Crippen LogP contribution in [0.3, 0.4) is 0 Å². The second-order valence-corrected chi connectivity index (χ2v) is 4.50. The van der Waals surface area contributed by atoms with Gasteiger partial charge in [-0.05, 0) is 30.2 Å². The Hall–Kier alpha value is -1.99. The average molecular weight is 302 g/mol. The predicted octanol–water partition coefficient (Wildman–Crippen LogP) is 3.24. The Morgan fingerprint density at radius 1 is 0.905 bits per heavy atom. The minimum absolute atomic E-state index is 0.0727. The molecular weight excluding hydrogens is 291 g/mol. The lowest BCUT2D eigenvalue weighted by Gasteiger charge is -2.18. The number of benzene rings is 2. The zero-order chi connectivity index (χ0) is 15.7. The first-order chi connectivity index (χ1) is 9.86. The average Bonchev–Trinajstić information content (AvgIpc) is 2.45. The third-order valence-corrected chi connectivity index (χ3v) is 3.12. The molecule has 2 aromatic rings. The molecule has 0 fully saturated rings. The molecule has 2 nitrogen and oxygen atoms in total. The number of nitrogens with two attached hydrogens (primary N) is 1. The zero-order valence-corrected chi connectivity index (χ0v) is 10.9. The molecule has 3 N–H and O–H groups in total. The van der Waals surface area contributed by atoms with Crippen molar-refractivity contribution in [2.45, 2.75) is 13.0 Å². The van der Waals surface area contributed by atoms with Gasteiger partial charge in [0, 0.05) is 5.56 Å². The summed E-state index contributed by atoms with van der Waals surface area (Å²) in [5, 5.41) is 0. The summed E-state index contributed by atoms with van der Waals surface area (Å²) in [7, 11) is 0. The summed E-state index contributed by atoms with van der Waals surface area (Å²) in [5.74, 6) is -1.56. The normalized spacial score (nSPS) is 12.5. The van der Waals surface area contributed by atoms with Crippen molar-refractivity contribution in [1.82, 2.24) is 5.43 Å². The van der Waals surface area contributed by atoms with Gasteiger partial charge in [-0.2, -0.15) is 0 Å². The minimum atomic E-state index is -1.65. The first-order valence-corrected chi connectivity index (χ1v) is 5.91. The highest BCUT2D eigenvalue weighted by atomic mass is 19.2. The van der Waals surface area contributed by atoms with Crippen LogP contribution in [-0.4, -0.2) is 0 Å². The van der Waals surface area contributed by atoms with Crippen LogP contribution in [0.4, 0.5) is 22.0 Å². The van der Waals surface area contributed by atoms with Gasteiger partial charge in [-0.3, -0.25) is 5.84 Å². The van der Waals surface area contributed by atoms with Gasteiger partial charge < -0.3 is 0 Å². The van der Waals surface area contributed by atoms with Crippen molar-refractivity contribution in [2.24, 2.45) is 5.84 Å². The molecular formula is C14H11F5N2. The van der Waals surface area contributed by atoms with Crippen LogP contribution < -0.4 is 11.3 Å². The number of hydrogen-bond donors (Lipinski definition) is 2. The predicted molar refractivity (Wildman–Crippen MR) is 66.6 cm³/mol. The van der Waals surface area contributed by atoms with Crippen molar-refractivity contribution < 1.29 is 22.0 Å². The monoisotopic (exact) mass is 302 g/mol. The Morgan fingerprint density at radius 2 is 1.48 bits per heavy atom. The molecule has 0 saturated heterocycles. The fraction of sp³-hybridized carbons (Fsp3) is 0.143. The van der Waals surface area contributed by atoms with Gasteiger partial charge in [-0.25, -0.2) is 27.4 Å². The van der Waals surface area contributed by atoms with E-state index < -0.39 is 35.1 Å². The van der Waals surface area contributed by atoms with E-state index in [0.29, 0.717) is 12.1 Å². The molecule has 2 rings (SSSR count). The summed E-state index contributed by atoms with van der Waals surface area (Å²) < 4.78 is 66.9. The van der Waals surface area contributed by atoms with E-state index in [1.807, 2.05) is 0 Å². The van der Waals surface area contributed by atoms with Crippen molar-refractivity contribution in [3.05, 3.63) is 70.0 Å². The Morgan fingerprint density at radius 3 is 2.00 bits per heavy atom. The largest absolute Gasteiger partial charge is 0.271 e. The third-order valence-electron chi connectivity index (χ3n) is 3.12. The van der Waals surface area contributed by atoms with Gasteiger partial charge in [0.05, 0.1) is 6.04 Å². The van der Waals surface area contributed by atoms with Crippen molar-refractivity contribution in [1.29, 1.82) is 0 Å². The second-order valence-electron chi connectivity index (χ2n) is 4.50. The van der Waals surface area contributed by atoms with Crippen molar-refractivity contribution in [3.63, 3.8) is 0 Å². The first-order valence-electron chi connectivity index (χ1n) is 5.91. The number of hydrogen-bond acceptors (Lipinski definition) is 2. The maximum Gasteiger partial charge on any atom is 0.194 e. The van der Waals surface area contributed by atoms with E-state index in [1.165, 1.54) is 19.1 Å². The maximum absolute atomic E-state index is 13.9. The molecule has 0 aliphatic heterocycles. The van der Waals surface area contributed by atoms with Crippen LogP contribution in [0.2, 0.25) is 0 Å². The molecule has 0 spiro atoms. The van der Waals surface area contributed by atoms with E-state index in [4.69, 9.17) is 5.84 Å². The highest BCUT2D eigenvalue weighted by molar-refractivity contribution is 5.36. The summed E-state index contributed by atoms with van der Waals surface area (Å²) in [6.45, 7) is 1.37. The van der Waals surface area contributed by atoms with Crippen LogP contribution in [-0.2, 0) is 0 Å². The number of halogens is 5. The fourth-order valence-corrected chi connectivity index (χ4v) is 1.99. The van der Waals surface area contributed by atoms with Crippen molar-refractivity contribution >= 4 is 0 Å². The topological polar surface area (TPSA) is 38.0 Å². The van der Waals surface area contributed by atoms with E-state index >= 15 is 0 Å². The summed E-state index contributed by atoms with van der Waals surface area (Å²) in [5.41, 5.74) is 1.79. The van der Waals surface area contributed by atoms with Crippen LogP contribution in [0.5, 0.6) is 0 Å². The molecule has 0 amide bonds. The van der Waals surface area contributed by atoms with Gasteiger partial charge in [0.2, 0.25) is 0 Å². The van der Waals surface area contributed by atoms with Gasteiger partial charge in [-0.1, -0.05) is 12.1 Å². The summed E-state index contributed by atoms with van der Waals surface area (Å²) >= 11 is 0. The van der Waals surface area contributed by atoms with Gasteiger partial charge in [-0.15, -0.1) is 0 Å². The second kappa shape index (κ2) is 5.79. The molecule has 112 valence electrons. The third kappa shape index (κ3) is 2.74. The van der Waals surface area contributed by atoms with Gasteiger partial charge in [0.25, 0.3) is 0 Å². The summed E-state index contributed by atoms with van der Waals surface area (Å²) in [4.78, 5) is 0. The Balaban J connectivity index is 2.58. The van der Waals surface area contributed by atoms with Crippen LogP contribution >= 0.6 is 0 Å². The summed E-state index contributed by atoms with van der Waals surface area (Å²) in [6, 6.07) is 2.64. The summed E-state index contributed by atoms with van der Waals surface area (Å²) in [6.07, 6.45) is 0. The smallest absolute Gasteiger partial charge is 0.194 e. The van der Waals surface area contributed by atoms with E-state index in [1.54, 1.807) is 0 Å². The van der Waals surface area contributed by atoms with Crippen LogP contribution in [0.25, 0.3) is 0 Å². The molecule has 0 aliphatic carbocycles. The number of nitrogens with one attached hydrogen (secondary N) is 1. The van der Waals surface area contributed by atoms with E-state index in [9.17, 15) is 22.0 Å². The SMILES string of the molecule is Cc1ccc(C(NN)c2cc(F)c(F)c(F)c2)c(F)c1F. The molecule has 7 heteroatoms. The molecule has 0 radical (unpaired) electrons. The molecule has 1 atom stereocenters. The van der Waals surface area contributed by atoms with E-state index in [-0.39, 0.29) is 16.7 Å². The first kappa shape index (κ1) is 15.4. The van der Waals surface area contributed by atoms with Crippen molar-refractivity contribution in [2.75, 3.05) is 0 Å². The van der Waals surface area contributed by atoms with Crippen LogP contribution in [0, 0.1) is 36.0 Å². The van der Waals surface area contributed by atoms with Gasteiger partial charge in [0.15, 0.2) is 29.1 Å². The van der Waals surface area contributed by atoms with Crippen molar-refractivity contribution in [3.8, 4) is 0 Å². The fourth-order valence-electron chi connectivity index (χ4n) is 1.99. The minimum Gasteiger partial charge on any atom is -0.271 e. The lowest BCUT2D eigenvalue weighted by molar-refractivity contribution is 0.440. The van der Waals surface area contributed by atoms with Crippen LogP contribution in [0.15, 0.2) is 24.3 Å². The molecule has 0 saturated carbocycles. The van der Waals surface area contributed by atoms with Gasteiger partial charge >= 0.3 is 0 Å². The number of aryl methyl sites for hydroxylation is 1. The van der Waals surface area contributed by atoms with E-state index in [0.717, 1.165) is 0 Å². The molecule has 0 aliphatic rings. The molecule has 0 heterocycles. The van der Waals surface area contributed by atoms with Crippen LogP contribution in [0.1, 0.15) is 22.7 Å². The molecule has 2 aromatic carbocycles. The lowest BCUT2D eigenvalue weighted by atomic mass is 9.97. The number of hydrazine groups is 1. The Bertz CT molecular complexity index is 664. The molecule has 0 bridgehead atoms. The molecule has 1 unspecified atom stereocenters. The Labute approximate surface area is 117 Å². The van der Waals surface area contributed by atoms with E-state index in [2.05, 4.69) is 5.43 Å². The zero-order valence-electron chi connectivity index (χ0n) is 10.9. The highest BCUT2D eigenvalue weighted by Gasteiger charge is 2.23. The van der Waals surface area contributed by atoms with Gasteiger partial charge in [0.1, 0.15) is 0 Å². The Kier molecular flexibility index (Phi) is 4.24. The quantitative estimate of drug-likeness (QED) is 0.395. The highest BCUT2D eigenvalue weighted by Crippen LogP contribution is 2.28. The standard InChI is InChI=1S/C14H11F5N2/c1-6-2-3-8(12(18)11(6)17)14(21-20)7-4-9(15)13(19)10(16)5-7/h2-5,14,21H,20H2,1H3. The molecule has 0 aromatic heterocycles. The lowest BCUT2D eigenvalue weighted by Crippen LogP contribution is -2.30. The molecule has 21 heavy (non-hydrogen) atoms. The number of rotatable bonds is 3. The maximum atomic E-state index is 13.9.